The standard InChI is InChI=1S/C10H19NO2/c1-5-8-6-9(7(2)3)10(12,11-4)13-8/h5,7-9,11-12H,1,6H2,2-4H3/t8-,9+,10?/m1/s1. The average molecular weight is 185 g/mol. The minimum Gasteiger partial charge on any atom is -0.353 e. The Morgan fingerprint density at radius 2 is 2.31 bits per heavy atom. The third-order valence-corrected chi connectivity index (χ3v) is 2.75. The number of rotatable bonds is 3. The Kier molecular flexibility index (Phi) is 3.11. The number of aliphatic hydroxyl groups is 1. The Morgan fingerprint density at radius 1 is 1.69 bits per heavy atom. The molecule has 2 N–H and O–H groups in total. The molecule has 13 heavy (non-hydrogen) atoms. The van der Waals surface area contributed by atoms with Crippen molar-refractivity contribution in [1.82, 2.24) is 5.32 Å². The van der Waals surface area contributed by atoms with Crippen LogP contribution in [0.1, 0.15) is 20.3 Å². The summed E-state index contributed by atoms with van der Waals surface area (Å²) in [5.74, 6) is -0.657. The molecule has 1 unspecified atom stereocenters. The predicted octanol–water partition coefficient (Wildman–Crippen LogP) is 1.10. The molecule has 1 aliphatic rings. The molecule has 0 aromatic heterocycles. The second-order valence-electron chi connectivity index (χ2n) is 3.92. The second kappa shape index (κ2) is 3.78. The molecule has 0 aliphatic carbocycles. The van der Waals surface area contributed by atoms with E-state index in [0.717, 1.165) is 6.42 Å². The van der Waals surface area contributed by atoms with Crippen LogP contribution in [0.2, 0.25) is 0 Å². The van der Waals surface area contributed by atoms with Crippen LogP contribution in [0.15, 0.2) is 12.7 Å². The van der Waals surface area contributed by atoms with Gasteiger partial charge in [-0.2, -0.15) is 0 Å². The highest BCUT2D eigenvalue weighted by molar-refractivity contribution is 4.94. The summed E-state index contributed by atoms with van der Waals surface area (Å²) in [4.78, 5) is 0. The average Bonchev–Trinajstić information content (AvgIpc) is 2.44. The topological polar surface area (TPSA) is 41.5 Å². The van der Waals surface area contributed by atoms with Crippen molar-refractivity contribution in [1.29, 1.82) is 0 Å². The lowest BCUT2D eigenvalue weighted by Gasteiger charge is -2.30. The van der Waals surface area contributed by atoms with E-state index < -0.39 is 5.91 Å². The summed E-state index contributed by atoms with van der Waals surface area (Å²) < 4.78 is 5.45. The minimum atomic E-state index is -1.17. The van der Waals surface area contributed by atoms with Crippen LogP contribution in [0.4, 0.5) is 0 Å². The normalized spacial score (nSPS) is 39.8. The van der Waals surface area contributed by atoms with E-state index in [1.165, 1.54) is 0 Å². The molecule has 1 aliphatic heterocycles. The van der Waals surface area contributed by atoms with E-state index in [1.807, 2.05) is 0 Å². The van der Waals surface area contributed by atoms with E-state index in [2.05, 4.69) is 25.7 Å². The molecular formula is C10H19NO2. The van der Waals surface area contributed by atoms with Crippen molar-refractivity contribution in [3.63, 3.8) is 0 Å². The second-order valence-corrected chi connectivity index (χ2v) is 3.92. The fraction of sp³-hybridized carbons (Fsp3) is 0.800. The van der Waals surface area contributed by atoms with Crippen molar-refractivity contribution < 1.29 is 9.84 Å². The lowest BCUT2D eigenvalue weighted by Crippen LogP contribution is -2.49. The Balaban J connectivity index is 2.76. The zero-order valence-electron chi connectivity index (χ0n) is 8.58. The molecule has 1 rings (SSSR count). The van der Waals surface area contributed by atoms with Gasteiger partial charge in [-0.25, -0.2) is 0 Å². The number of hydrogen-bond donors (Lipinski definition) is 2. The predicted molar refractivity (Wildman–Crippen MR) is 52.0 cm³/mol. The maximum Gasteiger partial charge on any atom is 0.228 e. The van der Waals surface area contributed by atoms with Gasteiger partial charge in [-0.05, 0) is 19.4 Å². The molecule has 3 heteroatoms. The fourth-order valence-corrected chi connectivity index (χ4v) is 1.89. The molecule has 0 spiro atoms. The van der Waals surface area contributed by atoms with Gasteiger partial charge in [0.25, 0.3) is 0 Å². The van der Waals surface area contributed by atoms with Crippen LogP contribution in [0.25, 0.3) is 0 Å². The molecule has 0 radical (unpaired) electrons. The van der Waals surface area contributed by atoms with Gasteiger partial charge in [0.15, 0.2) is 0 Å². The van der Waals surface area contributed by atoms with Gasteiger partial charge in [-0.1, -0.05) is 19.9 Å². The van der Waals surface area contributed by atoms with E-state index in [9.17, 15) is 5.11 Å². The molecule has 0 amide bonds. The smallest absolute Gasteiger partial charge is 0.228 e. The summed E-state index contributed by atoms with van der Waals surface area (Å²) in [7, 11) is 1.71. The molecule has 0 aromatic carbocycles. The van der Waals surface area contributed by atoms with Crippen molar-refractivity contribution in [2.75, 3.05) is 7.05 Å². The van der Waals surface area contributed by atoms with E-state index in [-0.39, 0.29) is 12.0 Å². The molecule has 0 bridgehead atoms. The quantitative estimate of drug-likeness (QED) is 0.511. The molecule has 3 atom stereocenters. The molecular weight excluding hydrogens is 166 g/mol. The Morgan fingerprint density at radius 3 is 2.62 bits per heavy atom. The first kappa shape index (κ1) is 10.7. The van der Waals surface area contributed by atoms with Gasteiger partial charge in [0, 0.05) is 5.92 Å². The zero-order valence-corrected chi connectivity index (χ0v) is 8.58. The van der Waals surface area contributed by atoms with Gasteiger partial charge >= 0.3 is 0 Å². The Labute approximate surface area is 79.8 Å². The Bertz CT molecular complexity index is 193. The molecule has 0 aromatic rings. The van der Waals surface area contributed by atoms with Crippen LogP contribution in [0.5, 0.6) is 0 Å². The van der Waals surface area contributed by atoms with Crippen molar-refractivity contribution >= 4 is 0 Å². The summed E-state index contributed by atoms with van der Waals surface area (Å²) in [5.41, 5.74) is 0. The van der Waals surface area contributed by atoms with Gasteiger partial charge in [0.05, 0.1) is 6.10 Å². The summed E-state index contributed by atoms with van der Waals surface area (Å²) in [5, 5.41) is 12.9. The third kappa shape index (κ3) is 1.93. The van der Waals surface area contributed by atoms with E-state index in [1.54, 1.807) is 13.1 Å². The molecule has 76 valence electrons. The van der Waals surface area contributed by atoms with Crippen LogP contribution >= 0.6 is 0 Å². The van der Waals surface area contributed by atoms with Crippen molar-refractivity contribution in [2.45, 2.75) is 32.3 Å². The third-order valence-electron chi connectivity index (χ3n) is 2.75. The van der Waals surface area contributed by atoms with Gasteiger partial charge in [0.2, 0.25) is 5.91 Å². The van der Waals surface area contributed by atoms with Crippen molar-refractivity contribution in [3.8, 4) is 0 Å². The maximum atomic E-state index is 10.1. The summed E-state index contributed by atoms with van der Waals surface area (Å²) in [6.45, 7) is 7.84. The summed E-state index contributed by atoms with van der Waals surface area (Å²) >= 11 is 0. The lowest BCUT2D eigenvalue weighted by atomic mass is 9.89. The van der Waals surface area contributed by atoms with Crippen molar-refractivity contribution in [3.05, 3.63) is 12.7 Å². The lowest BCUT2D eigenvalue weighted by molar-refractivity contribution is -0.229. The molecule has 3 nitrogen and oxygen atoms in total. The van der Waals surface area contributed by atoms with Crippen LogP contribution in [0, 0.1) is 11.8 Å². The van der Waals surface area contributed by atoms with E-state index in [0.29, 0.717) is 5.92 Å². The van der Waals surface area contributed by atoms with Crippen molar-refractivity contribution in [2.24, 2.45) is 11.8 Å². The van der Waals surface area contributed by atoms with Crippen LogP contribution in [-0.4, -0.2) is 24.2 Å². The highest BCUT2D eigenvalue weighted by atomic mass is 16.7. The highest BCUT2D eigenvalue weighted by Gasteiger charge is 2.46. The first-order valence-electron chi connectivity index (χ1n) is 4.75. The van der Waals surface area contributed by atoms with Crippen LogP contribution in [-0.2, 0) is 4.74 Å². The summed E-state index contributed by atoms with van der Waals surface area (Å²) in [6, 6.07) is 0. The molecule has 1 saturated heterocycles. The highest BCUT2D eigenvalue weighted by Crippen LogP contribution is 2.37. The zero-order chi connectivity index (χ0) is 10.1. The number of ether oxygens (including phenoxy) is 1. The van der Waals surface area contributed by atoms with Gasteiger partial charge < -0.3 is 9.84 Å². The molecule has 1 heterocycles. The van der Waals surface area contributed by atoms with Crippen LogP contribution < -0.4 is 5.32 Å². The number of hydrogen-bond acceptors (Lipinski definition) is 3. The minimum absolute atomic E-state index is 0.0372. The van der Waals surface area contributed by atoms with Crippen LogP contribution in [0.3, 0.4) is 0 Å². The van der Waals surface area contributed by atoms with E-state index in [4.69, 9.17) is 4.74 Å². The Hall–Kier alpha value is -0.380. The maximum absolute atomic E-state index is 10.1. The SMILES string of the molecule is C=C[C@@H]1C[C@@H](C(C)C)C(O)(NC)O1. The van der Waals surface area contributed by atoms with Gasteiger partial charge in [-0.15, -0.1) is 6.58 Å². The fourth-order valence-electron chi connectivity index (χ4n) is 1.89. The largest absolute Gasteiger partial charge is 0.353 e. The first-order valence-corrected chi connectivity index (χ1v) is 4.75. The monoisotopic (exact) mass is 185 g/mol. The molecule has 1 fully saturated rings. The summed E-state index contributed by atoms with van der Waals surface area (Å²) in [6.07, 6.45) is 2.54. The number of nitrogens with one attached hydrogen (secondary N) is 1. The first-order chi connectivity index (χ1) is 6.03. The van der Waals surface area contributed by atoms with Gasteiger partial charge in [0.1, 0.15) is 0 Å². The molecule has 0 saturated carbocycles. The van der Waals surface area contributed by atoms with Gasteiger partial charge in [-0.3, -0.25) is 5.32 Å². The van der Waals surface area contributed by atoms with E-state index >= 15 is 0 Å².